The quantitative estimate of drug-likeness (QED) is 0.745. The summed E-state index contributed by atoms with van der Waals surface area (Å²) in [6.07, 6.45) is 1.74. The molecule has 1 N–H and O–H groups in total. The highest BCUT2D eigenvalue weighted by atomic mass is 16.2. The molecule has 4 rings (SSSR count). The molecule has 1 aromatic heterocycles. The lowest BCUT2D eigenvalue weighted by Gasteiger charge is -2.29. The highest BCUT2D eigenvalue weighted by molar-refractivity contribution is 6.11. The van der Waals surface area contributed by atoms with Crippen LogP contribution in [0.3, 0.4) is 0 Å². The number of amides is 2. The van der Waals surface area contributed by atoms with Gasteiger partial charge in [0.1, 0.15) is 0 Å². The van der Waals surface area contributed by atoms with Crippen molar-refractivity contribution in [3.63, 3.8) is 0 Å². The van der Waals surface area contributed by atoms with Crippen LogP contribution in [0.2, 0.25) is 0 Å². The molecule has 0 radical (unpaired) electrons. The Kier molecular flexibility index (Phi) is 4.88. The molecule has 0 fully saturated rings. The highest BCUT2D eigenvalue weighted by Gasteiger charge is 2.21. The normalized spacial score (nSPS) is 13.2. The van der Waals surface area contributed by atoms with Gasteiger partial charge in [-0.1, -0.05) is 18.2 Å². The van der Waals surface area contributed by atoms with Gasteiger partial charge in [-0.25, -0.2) is 4.68 Å². The van der Waals surface area contributed by atoms with E-state index in [1.165, 1.54) is 4.68 Å². The van der Waals surface area contributed by atoms with Crippen LogP contribution in [0.5, 0.6) is 0 Å². The van der Waals surface area contributed by atoms with E-state index >= 15 is 0 Å². The molecule has 0 bridgehead atoms. The molecule has 0 aliphatic carbocycles. The number of anilines is 2. The third-order valence-corrected chi connectivity index (χ3v) is 5.22. The van der Waals surface area contributed by atoms with E-state index in [2.05, 4.69) is 10.4 Å². The van der Waals surface area contributed by atoms with Gasteiger partial charge in [-0.05, 0) is 49.6 Å². The maximum atomic E-state index is 13.0. The number of rotatable bonds is 3. The Labute approximate surface area is 167 Å². The van der Waals surface area contributed by atoms with Crippen molar-refractivity contribution in [2.75, 3.05) is 16.8 Å². The first-order valence-electron chi connectivity index (χ1n) is 9.72. The van der Waals surface area contributed by atoms with E-state index in [0.717, 1.165) is 24.1 Å². The summed E-state index contributed by atoms with van der Waals surface area (Å²) in [6, 6.07) is 12.6. The van der Waals surface area contributed by atoms with E-state index in [-0.39, 0.29) is 23.1 Å². The van der Waals surface area contributed by atoms with Gasteiger partial charge in [0.2, 0.25) is 5.91 Å². The zero-order valence-electron chi connectivity index (χ0n) is 16.4. The van der Waals surface area contributed by atoms with Gasteiger partial charge < -0.3 is 10.2 Å². The van der Waals surface area contributed by atoms with Crippen molar-refractivity contribution in [1.29, 1.82) is 0 Å². The number of hydrogen-bond donors (Lipinski definition) is 1. The number of nitrogens with zero attached hydrogens (tertiary/aromatic N) is 3. The first kappa shape index (κ1) is 18.9. The largest absolute Gasteiger partial charge is 0.321 e. The van der Waals surface area contributed by atoms with Crippen molar-refractivity contribution in [1.82, 2.24) is 9.78 Å². The summed E-state index contributed by atoms with van der Waals surface area (Å²) >= 11 is 0. The number of aryl methyl sites for hydroxylation is 2. The Balaban J connectivity index is 1.70. The van der Waals surface area contributed by atoms with Crippen LogP contribution < -0.4 is 15.8 Å². The van der Waals surface area contributed by atoms with Crippen LogP contribution in [-0.2, 0) is 17.8 Å². The molecule has 2 amide bonds. The Hall–Kier alpha value is -3.48. The van der Waals surface area contributed by atoms with Crippen LogP contribution >= 0.6 is 0 Å². The zero-order chi connectivity index (χ0) is 20.5. The number of carbonyl (C=O) groups is 2. The molecular formula is C22H22N4O3. The first-order valence-corrected chi connectivity index (χ1v) is 9.72. The Morgan fingerprint density at radius 3 is 2.62 bits per heavy atom. The number of fused-ring (bicyclic) bond motifs is 2. The van der Waals surface area contributed by atoms with E-state index in [1.807, 2.05) is 19.1 Å². The molecule has 0 spiro atoms. The fourth-order valence-corrected chi connectivity index (χ4v) is 3.81. The molecule has 0 saturated carbocycles. The van der Waals surface area contributed by atoms with E-state index in [9.17, 15) is 14.4 Å². The van der Waals surface area contributed by atoms with E-state index in [0.29, 0.717) is 29.5 Å². The summed E-state index contributed by atoms with van der Waals surface area (Å²) < 4.78 is 1.30. The predicted molar refractivity (Wildman–Crippen MR) is 112 cm³/mol. The summed E-state index contributed by atoms with van der Waals surface area (Å²) in [5.74, 6) is -0.359. The fourth-order valence-electron chi connectivity index (χ4n) is 3.81. The van der Waals surface area contributed by atoms with Crippen LogP contribution in [0.25, 0.3) is 10.8 Å². The van der Waals surface area contributed by atoms with Crippen molar-refractivity contribution in [3.8, 4) is 0 Å². The lowest BCUT2D eigenvalue weighted by atomic mass is 10.0. The van der Waals surface area contributed by atoms with Gasteiger partial charge in [0.15, 0.2) is 5.69 Å². The molecule has 0 saturated heterocycles. The molecule has 29 heavy (non-hydrogen) atoms. The van der Waals surface area contributed by atoms with E-state index < -0.39 is 0 Å². The molecular weight excluding hydrogens is 368 g/mol. The van der Waals surface area contributed by atoms with Gasteiger partial charge in [0, 0.05) is 36.8 Å². The monoisotopic (exact) mass is 390 g/mol. The van der Waals surface area contributed by atoms with Crippen molar-refractivity contribution >= 4 is 34.0 Å². The van der Waals surface area contributed by atoms with Gasteiger partial charge in [-0.15, -0.1) is 0 Å². The number of nitrogens with one attached hydrogen (secondary N) is 1. The maximum absolute atomic E-state index is 13.0. The molecule has 1 aliphatic heterocycles. The highest BCUT2D eigenvalue weighted by Crippen LogP contribution is 2.30. The number of hydrogen-bond acceptors (Lipinski definition) is 4. The summed E-state index contributed by atoms with van der Waals surface area (Å²) in [5.41, 5.74) is 2.56. The third-order valence-electron chi connectivity index (χ3n) is 5.22. The van der Waals surface area contributed by atoms with Crippen LogP contribution in [0.4, 0.5) is 11.4 Å². The Morgan fingerprint density at radius 1 is 1.14 bits per heavy atom. The van der Waals surface area contributed by atoms with Crippen LogP contribution in [0.1, 0.15) is 36.3 Å². The van der Waals surface area contributed by atoms with Gasteiger partial charge in [0.25, 0.3) is 11.5 Å². The second kappa shape index (κ2) is 7.50. The first-order chi connectivity index (χ1) is 14.0. The Morgan fingerprint density at radius 2 is 1.90 bits per heavy atom. The summed E-state index contributed by atoms with van der Waals surface area (Å²) in [4.78, 5) is 39.1. The van der Waals surface area contributed by atoms with Crippen molar-refractivity contribution in [3.05, 3.63) is 64.1 Å². The molecule has 7 nitrogen and oxygen atoms in total. The predicted octanol–water partition coefficient (Wildman–Crippen LogP) is 2.97. The number of carbonyl (C=O) groups excluding carboxylic acids is 2. The smallest absolute Gasteiger partial charge is 0.276 e. The van der Waals surface area contributed by atoms with Crippen LogP contribution in [0, 0.1) is 0 Å². The maximum Gasteiger partial charge on any atom is 0.276 e. The minimum Gasteiger partial charge on any atom is -0.321 e. The third kappa shape index (κ3) is 3.40. The topological polar surface area (TPSA) is 84.3 Å². The number of benzene rings is 2. The molecule has 3 aromatic rings. The molecule has 7 heteroatoms. The minimum absolute atomic E-state index is 0.0141. The van der Waals surface area contributed by atoms with E-state index in [4.69, 9.17) is 0 Å². The molecule has 0 unspecified atom stereocenters. The van der Waals surface area contributed by atoms with Crippen molar-refractivity contribution < 1.29 is 9.59 Å². The van der Waals surface area contributed by atoms with Crippen molar-refractivity contribution in [2.45, 2.75) is 33.2 Å². The minimum atomic E-state index is -0.373. The lowest BCUT2D eigenvalue weighted by molar-refractivity contribution is -0.116. The van der Waals surface area contributed by atoms with Crippen LogP contribution in [0.15, 0.2) is 47.3 Å². The lowest BCUT2D eigenvalue weighted by Crippen LogP contribution is -2.33. The van der Waals surface area contributed by atoms with Gasteiger partial charge in [-0.2, -0.15) is 5.10 Å². The van der Waals surface area contributed by atoms with Gasteiger partial charge in [-0.3, -0.25) is 14.4 Å². The zero-order valence-corrected chi connectivity index (χ0v) is 16.4. The molecule has 2 aromatic carbocycles. The average Bonchev–Trinajstić information content (AvgIpc) is 2.73. The second-order valence-electron chi connectivity index (χ2n) is 7.09. The Bertz CT molecular complexity index is 1180. The summed E-state index contributed by atoms with van der Waals surface area (Å²) in [6.45, 7) is 4.46. The van der Waals surface area contributed by atoms with Crippen molar-refractivity contribution in [2.24, 2.45) is 0 Å². The second-order valence-corrected chi connectivity index (χ2v) is 7.09. The summed E-state index contributed by atoms with van der Waals surface area (Å²) in [5, 5.41) is 8.17. The van der Waals surface area contributed by atoms with Gasteiger partial charge in [0.05, 0.1) is 5.39 Å². The van der Waals surface area contributed by atoms with E-state index in [1.54, 1.807) is 42.2 Å². The fraction of sp³-hybridized carbons (Fsp3) is 0.273. The molecule has 2 heterocycles. The SMILES string of the molecule is CCn1nc(C(=O)Nc2ccc3c(c2)CCCN3C(C)=O)c2ccccc2c1=O. The molecule has 148 valence electrons. The van der Waals surface area contributed by atoms with Crippen LogP contribution in [-0.4, -0.2) is 28.1 Å². The summed E-state index contributed by atoms with van der Waals surface area (Å²) in [7, 11) is 0. The molecule has 1 aliphatic rings. The average molecular weight is 390 g/mol. The molecule has 0 atom stereocenters. The van der Waals surface area contributed by atoms with Gasteiger partial charge >= 0.3 is 0 Å². The standard InChI is InChI=1S/C22H22N4O3/c1-3-26-22(29)18-9-5-4-8-17(18)20(24-26)21(28)23-16-10-11-19-15(13-16)7-6-12-25(19)14(2)27/h4-5,8-11,13H,3,6-7,12H2,1-2H3,(H,23,28). The number of aromatic nitrogens is 2.